The van der Waals surface area contributed by atoms with Gasteiger partial charge in [-0.15, -0.1) is 0 Å². The number of hydrogen-bond donors (Lipinski definition) is 2. The molecule has 3 unspecified atom stereocenters. The molecule has 3 nitrogen and oxygen atoms in total. The number of hydrogen-bond acceptors (Lipinski definition) is 3. The molecule has 1 aliphatic carbocycles. The molecule has 0 radical (unpaired) electrons. The Morgan fingerprint density at radius 3 is 2.77 bits per heavy atom. The first-order valence-electron chi connectivity index (χ1n) is 4.72. The summed E-state index contributed by atoms with van der Waals surface area (Å²) in [4.78, 5) is 11.3. The standard InChI is InChI=1S/C9H18N2OS/c1-6(10)9(12)11-7-3-4-8(5-7)13-2/h6-8H,3-5,10H2,1-2H3,(H,11,12). The van der Waals surface area contributed by atoms with Crippen LogP contribution in [0, 0.1) is 0 Å². The SMILES string of the molecule is CSC1CCC(NC(=O)C(C)N)C1. The first-order valence-corrected chi connectivity index (χ1v) is 6.01. The monoisotopic (exact) mass is 202 g/mol. The van der Waals surface area contributed by atoms with Gasteiger partial charge in [0.25, 0.3) is 0 Å². The van der Waals surface area contributed by atoms with Crippen LogP contribution in [-0.4, -0.2) is 29.5 Å². The van der Waals surface area contributed by atoms with Crippen LogP contribution in [0.15, 0.2) is 0 Å². The Bertz CT molecular complexity index is 184. The summed E-state index contributed by atoms with van der Waals surface area (Å²) in [6.07, 6.45) is 5.54. The predicted molar refractivity (Wildman–Crippen MR) is 56.7 cm³/mol. The molecule has 0 aliphatic heterocycles. The third kappa shape index (κ3) is 3.19. The molecule has 0 spiro atoms. The second-order valence-corrected chi connectivity index (χ2v) is 4.80. The van der Waals surface area contributed by atoms with E-state index in [0.717, 1.165) is 18.1 Å². The first kappa shape index (κ1) is 10.9. The summed E-state index contributed by atoms with van der Waals surface area (Å²) in [5.74, 6) is -0.0215. The van der Waals surface area contributed by atoms with Crippen molar-refractivity contribution in [3.8, 4) is 0 Å². The number of thioether (sulfide) groups is 1. The Morgan fingerprint density at radius 2 is 2.31 bits per heavy atom. The zero-order valence-corrected chi connectivity index (χ0v) is 9.06. The quantitative estimate of drug-likeness (QED) is 0.709. The summed E-state index contributed by atoms with van der Waals surface area (Å²) in [7, 11) is 0. The van der Waals surface area contributed by atoms with Gasteiger partial charge in [-0.25, -0.2) is 0 Å². The highest BCUT2D eigenvalue weighted by Gasteiger charge is 2.25. The zero-order valence-electron chi connectivity index (χ0n) is 8.25. The number of carbonyl (C=O) groups is 1. The van der Waals surface area contributed by atoms with Crippen LogP contribution in [-0.2, 0) is 4.79 Å². The fraction of sp³-hybridized carbons (Fsp3) is 0.889. The smallest absolute Gasteiger partial charge is 0.236 e. The molecule has 0 heterocycles. The third-order valence-electron chi connectivity index (χ3n) is 2.48. The minimum Gasteiger partial charge on any atom is -0.352 e. The summed E-state index contributed by atoms with van der Waals surface area (Å²) in [5.41, 5.74) is 5.46. The van der Waals surface area contributed by atoms with Gasteiger partial charge in [0.05, 0.1) is 6.04 Å². The average Bonchev–Trinajstić information content (AvgIpc) is 2.52. The van der Waals surface area contributed by atoms with Crippen molar-refractivity contribution < 1.29 is 4.79 Å². The lowest BCUT2D eigenvalue weighted by molar-refractivity contribution is -0.122. The lowest BCUT2D eigenvalue weighted by Crippen LogP contribution is -2.43. The van der Waals surface area contributed by atoms with Gasteiger partial charge in [-0.1, -0.05) is 0 Å². The van der Waals surface area contributed by atoms with Crippen LogP contribution in [0.1, 0.15) is 26.2 Å². The van der Waals surface area contributed by atoms with Crippen molar-refractivity contribution >= 4 is 17.7 Å². The fourth-order valence-electron chi connectivity index (χ4n) is 1.62. The van der Waals surface area contributed by atoms with E-state index in [-0.39, 0.29) is 11.9 Å². The molecule has 0 aromatic rings. The highest BCUT2D eigenvalue weighted by atomic mass is 32.2. The lowest BCUT2D eigenvalue weighted by Gasteiger charge is -2.14. The second-order valence-electron chi connectivity index (χ2n) is 3.66. The molecule has 0 aromatic carbocycles. The second kappa shape index (κ2) is 4.86. The van der Waals surface area contributed by atoms with Gasteiger partial charge in [0.2, 0.25) is 5.91 Å². The fourth-order valence-corrected chi connectivity index (χ4v) is 2.41. The predicted octanol–water partition coefficient (Wildman–Crippen LogP) is 0.734. The highest BCUT2D eigenvalue weighted by Crippen LogP contribution is 2.27. The largest absolute Gasteiger partial charge is 0.352 e. The minimum atomic E-state index is -0.381. The molecule has 0 bridgehead atoms. The van der Waals surface area contributed by atoms with Gasteiger partial charge in [-0.2, -0.15) is 11.8 Å². The van der Waals surface area contributed by atoms with E-state index in [0.29, 0.717) is 6.04 Å². The van der Waals surface area contributed by atoms with Crippen LogP contribution >= 0.6 is 11.8 Å². The van der Waals surface area contributed by atoms with Crippen molar-refractivity contribution in [3.63, 3.8) is 0 Å². The molecule has 3 N–H and O–H groups in total. The van der Waals surface area contributed by atoms with Gasteiger partial charge in [0, 0.05) is 11.3 Å². The molecule has 1 amide bonds. The maximum absolute atomic E-state index is 11.3. The van der Waals surface area contributed by atoms with E-state index >= 15 is 0 Å². The van der Waals surface area contributed by atoms with Crippen LogP contribution in [0.4, 0.5) is 0 Å². The summed E-state index contributed by atoms with van der Waals surface area (Å²) >= 11 is 1.89. The molecule has 4 heteroatoms. The molecule has 0 saturated heterocycles. The Hall–Kier alpha value is -0.220. The molecular weight excluding hydrogens is 184 g/mol. The van der Waals surface area contributed by atoms with Crippen molar-refractivity contribution in [1.29, 1.82) is 0 Å². The molecule has 76 valence electrons. The molecule has 1 rings (SSSR count). The highest BCUT2D eigenvalue weighted by molar-refractivity contribution is 7.99. The van der Waals surface area contributed by atoms with E-state index in [1.165, 1.54) is 6.42 Å². The van der Waals surface area contributed by atoms with E-state index in [4.69, 9.17) is 5.73 Å². The van der Waals surface area contributed by atoms with Gasteiger partial charge in [-0.05, 0) is 32.4 Å². The molecule has 1 saturated carbocycles. The summed E-state index contributed by atoms with van der Waals surface area (Å²) in [6.45, 7) is 1.72. The van der Waals surface area contributed by atoms with Crippen molar-refractivity contribution in [2.24, 2.45) is 5.73 Å². The van der Waals surface area contributed by atoms with Gasteiger partial charge < -0.3 is 11.1 Å². The lowest BCUT2D eigenvalue weighted by atomic mass is 10.2. The van der Waals surface area contributed by atoms with E-state index in [1.54, 1.807) is 6.92 Å². The van der Waals surface area contributed by atoms with Crippen LogP contribution in [0.5, 0.6) is 0 Å². The number of nitrogens with one attached hydrogen (secondary N) is 1. The van der Waals surface area contributed by atoms with Crippen molar-refractivity contribution in [3.05, 3.63) is 0 Å². The average molecular weight is 202 g/mol. The molecule has 1 aliphatic rings. The Balaban J connectivity index is 2.28. The van der Waals surface area contributed by atoms with Crippen LogP contribution in [0.25, 0.3) is 0 Å². The summed E-state index contributed by atoms with van der Waals surface area (Å²) in [6, 6.07) is -0.0238. The molecule has 1 fully saturated rings. The van der Waals surface area contributed by atoms with E-state index in [9.17, 15) is 4.79 Å². The van der Waals surface area contributed by atoms with E-state index in [1.807, 2.05) is 11.8 Å². The third-order valence-corrected chi connectivity index (χ3v) is 3.57. The summed E-state index contributed by atoms with van der Waals surface area (Å²) < 4.78 is 0. The van der Waals surface area contributed by atoms with Gasteiger partial charge in [0.1, 0.15) is 0 Å². The normalized spacial score (nSPS) is 30.1. The van der Waals surface area contributed by atoms with Gasteiger partial charge in [0.15, 0.2) is 0 Å². The van der Waals surface area contributed by atoms with Gasteiger partial charge >= 0.3 is 0 Å². The Labute approximate surface area is 83.8 Å². The Morgan fingerprint density at radius 1 is 1.62 bits per heavy atom. The number of nitrogens with two attached hydrogens (primary N) is 1. The van der Waals surface area contributed by atoms with Crippen LogP contribution in [0.2, 0.25) is 0 Å². The zero-order chi connectivity index (χ0) is 9.84. The topological polar surface area (TPSA) is 55.1 Å². The van der Waals surface area contributed by atoms with Crippen LogP contribution < -0.4 is 11.1 Å². The maximum atomic E-state index is 11.3. The maximum Gasteiger partial charge on any atom is 0.236 e. The van der Waals surface area contributed by atoms with Crippen molar-refractivity contribution in [1.82, 2.24) is 5.32 Å². The van der Waals surface area contributed by atoms with Crippen molar-refractivity contribution in [2.75, 3.05) is 6.26 Å². The Kier molecular flexibility index (Phi) is 4.06. The minimum absolute atomic E-state index is 0.0215. The molecule has 13 heavy (non-hydrogen) atoms. The van der Waals surface area contributed by atoms with Crippen molar-refractivity contribution in [2.45, 2.75) is 43.5 Å². The molecule has 0 aromatic heterocycles. The number of rotatable bonds is 3. The summed E-state index contributed by atoms with van der Waals surface area (Å²) in [5, 5.41) is 3.69. The molecule has 3 atom stereocenters. The van der Waals surface area contributed by atoms with Crippen LogP contribution in [0.3, 0.4) is 0 Å². The van der Waals surface area contributed by atoms with Gasteiger partial charge in [-0.3, -0.25) is 4.79 Å². The molecular formula is C9H18N2OS. The first-order chi connectivity index (χ1) is 6.13. The van der Waals surface area contributed by atoms with E-state index < -0.39 is 0 Å². The van der Waals surface area contributed by atoms with E-state index in [2.05, 4.69) is 11.6 Å². The number of carbonyl (C=O) groups excluding carboxylic acids is 1. The number of amides is 1.